The summed E-state index contributed by atoms with van der Waals surface area (Å²) in [7, 11) is 0. The zero-order chi connectivity index (χ0) is 10.7. The Hall–Kier alpha value is -0.610. The monoisotopic (exact) mass is 213 g/mol. The van der Waals surface area contributed by atoms with Crippen LogP contribution in [0.1, 0.15) is 19.8 Å². The minimum Gasteiger partial charge on any atom is -0.466 e. The summed E-state index contributed by atoms with van der Waals surface area (Å²) in [5.41, 5.74) is 0.102. The number of carbonyl (C=O) groups is 1. The third-order valence-electron chi connectivity index (χ3n) is 3.62. The molecule has 4 nitrogen and oxygen atoms in total. The number of rotatable bonds is 2. The number of carbonyl (C=O) groups excluding carboxylic acids is 1. The second kappa shape index (κ2) is 4.49. The summed E-state index contributed by atoms with van der Waals surface area (Å²) in [5.74, 6) is -0.00856. The summed E-state index contributed by atoms with van der Waals surface area (Å²) in [5, 5.41) is 3.32. The Morgan fingerprint density at radius 2 is 2.27 bits per heavy atom. The molecule has 2 aliphatic heterocycles. The predicted octanol–water partition coefficient (Wildman–Crippen LogP) is 0.566. The van der Waals surface area contributed by atoms with Gasteiger partial charge in [0.15, 0.2) is 0 Å². The zero-order valence-electron chi connectivity index (χ0n) is 9.25. The van der Waals surface area contributed by atoms with Crippen molar-refractivity contribution in [3.8, 4) is 0 Å². The minimum absolute atomic E-state index is 0.0290. The fourth-order valence-electron chi connectivity index (χ4n) is 2.68. The van der Waals surface area contributed by atoms with Crippen molar-refractivity contribution >= 4 is 5.97 Å². The van der Waals surface area contributed by atoms with Gasteiger partial charge in [0.1, 0.15) is 0 Å². The van der Waals surface area contributed by atoms with E-state index in [-0.39, 0.29) is 17.3 Å². The van der Waals surface area contributed by atoms with Gasteiger partial charge in [-0.2, -0.15) is 0 Å². The molecule has 15 heavy (non-hydrogen) atoms. The minimum atomic E-state index is -0.0376. The van der Waals surface area contributed by atoms with Crippen molar-refractivity contribution in [1.29, 1.82) is 0 Å². The van der Waals surface area contributed by atoms with Gasteiger partial charge in [0.05, 0.1) is 12.5 Å². The molecule has 0 aromatic carbocycles. The summed E-state index contributed by atoms with van der Waals surface area (Å²) >= 11 is 0. The lowest BCUT2D eigenvalue weighted by Gasteiger charge is -2.36. The second-order valence-corrected chi connectivity index (χ2v) is 4.41. The molecule has 86 valence electrons. The molecule has 0 saturated carbocycles. The van der Waals surface area contributed by atoms with E-state index >= 15 is 0 Å². The van der Waals surface area contributed by atoms with Crippen LogP contribution in [0.15, 0.2) is 0 Å². The Morgan fingerprint density at radius 1 is 1.53 bits per heavy atom. The average molecular weight is 213 g/mol. The Balaban J connectivity index is 2.06. The normalized spacial score (nSPS) is 29.3. The van der Waals surface area contributed by atoms with Gasteiger partial charge in [0.25, 0.3) is 0 Å². The summed E-state index contributed by atoms with van der Waals surface area (Å²) in [6.45, 7) is 5.58. The van der Waals surface area contributed by atoms with Crippen LogP contribution in [0.5, 0.6) is 0 Å². The first kappa shape index (κ1) is 10.9. The van der Waals surface area contributed by atoms with E-state index in [1.54, 1.807) is 0 Å². The van der Waals surface area contributed by atoms with Crippen LogP contribution in [-0.2, 0) is 14.3 Å². The maximum Gasteiger partial charge on any atom is 0.310 e. The molecule has 0 bridgehead atoms. The van der Waals surface area contributed by atoms with E-state index in [9.17, 15) is 4.79 Å². The van der Waals surface area contributed by atoms with Gasteiger partial charge >= 0.3 is 5.97 Å². The van der Waals surface area contributed by atoms with Gasteiger partial charge in [-0.1, -0.05) is 0 Å². The molecule has 0 unspecified atom stereocenters. The highest BCUT2D eigenvalue weighted by atomic mass is 16.5. The fraction of sp³-hybridized carbons (Fsp3) is 0.909. The molecule has 1 spiro atoms. The third-order valence-corrected chi connectivity index (χ3v) is 3.62. The topological polar surface area (TPSA) is 47.6 Å². The number of hydrogen-bond acceptors (Lipinski definition) is 4. The molecule has 0 aromatic heterocycles. The van der Waals surface area contributed by atoms with Crippen molar-refractivity contribution in [3.05, 3.63) is 0 Å². The van der Waals surface area contributed by atoms with Gasteiger partial charge in [-0.25, -0.2) is 0 Å². The maximum absolute atomic E-state index is 11.8. The van der Waals surface area contributed by atoms with E-state index < -0.39 is 0 Å². The van der Waals surface area contributed by atoms with Crippen molar-refractivity contribution in [1.82, 2.24) is 5.32 Å². The lowest BCUT2D eigenvalue weighted by molar-refractivity contribution is -0.153. The highest BCUT2D eigenvalue weighted by Gasteiger charge is 2.48. The molecule has 2 rings (SSSR count). The molecular formula is C11H19NO3. The highest BCUT2D eigenvalue weighted by molar-refractivity contribution is 5.74. The molecule has 1 N–H and O–H groups in total. The van der Waals surface area contributed by atoms with E-state index in [0.717, 1.165) is 39.1 Å². The van der Waals surface area contributed by atoms with Crippen molar-refractivity contribution in [3.63, 3.8) is 0 Å². The molecule has 2 aliphatic rings. The van der Waals surface area contributed by atoms with Crippen molar-refractivity contribution in [2.45, 2.75) is 19.8 Å². The van der Waals surface area contributed by atoms with Crippen LogP contribution in [-0.4, -0.2) is 38.9 Å². The average Bonchev–Trinajstić information content (AvgIpc) is 2.63. The van der Waals surface area contributed by atoms with Gasteiger partial charge in [0.2, 0.25) is 0 Å². The van der Waals surface area contributed by atoms with Crippen LogP contribution in [0.25, 0.3) is 0 Å². The number of nitrogens with one attached hydrogen (secondary N) is 1. The lowest BCUT2D eigenvalue weighted by atomic mass is 9.72. The first-order chi connectivity index (χ1) is 7.28. The zero-order valence-corrected chi connectivity index (χ0v) is 9.25. The van der Waals surface area contributed by atoms with Crippen molar-refractivity contribution < 1.29 is 14.3 Å². The van der Waals surface area contributed by atoms with E-state index in [1.807, 2.05) is 6.92 Å². The van der Waals surface area contributed by atoms with Crippen LogP contribution in [0, 0.1) is 11.3 Å². The van der Waals surface area contributed by atoms with Crippen LogP contribution >= 0.6 is 0 Å². The van der Waals surface area contributed by atoms with E-state index in [1.165, 1.54) is 0 Å². The van der Waals surface area contributed by atoms with Gasteiger partial charge in [0, 0.05) is 31.7 Å². The summed E-state index contributed by atoms with van der Waals surface area (Å²) < 4.78 is 10.5. The lowest BCUT2D eigenvalue weighted by Crippen LogP contribution is -2.40. The van der Waals surface area contributed by atoms with E-state index in [0.29, 0.717) is 6.61 Å². The molecule has 0 aliphatic carbocycles. The van der Waals surface area contributed by atoms with Gasteiger partial charge in [-0.05, 0) is 19.8 Å². The van der Waals surface area contributed by atoms with Crippen LogP contribution in [0.2, 0.25) is 0 Å². The first-order valence-corrected chi connectivity index (χ1v) is 5.73. The number of ether oxygens (including phenoxy) is 2. The largest absolute Gasteiger partial charge is 0.466 e. The Labute approximate surface area is 90.3 Å². The summed E-state index contributed by atoms with van der Waals surface area (Å²) in [4.78, 5) is 11.8. The first-order valence-electron chi connectivity index (χ1n) is 5.73. The van der Waals surface area contributed by atoms with Crippen LogP contribution < -0.4 is 5.32 Å². The van der Waals surface area contributed by atoms with Gasteiger partial charge < -0.3 is 14.8 Å². The predicted molar refractivity (Wildman–Crippen MR) is 55.5 cm³/mol. The van der Waals surface area contributed by atoms with Gasteiger partial charge in [-0.15, -0.1) is 0 Å². The van der Waals surface area contributed by atoms with Gasteiger partial charge in [-0.3, -0.25) is 4.79 Å². The molecular weight excluding hydrogens is 194 g/mol. The summed E-state index contributed by atoms with van der Waals surface area (Å²) in [6.07, 6.45) is 1.95. The number of hydrogen-bond donors (Lipinski definition) is 1. The molecule has 2 fully saturated rings. The molecule has 0 aromatic rings. The molecule has 0 radical (unpaired) electrons. The van der Waals surface area contributed by atoms with Crippen LogP contribution in [0.3, 0.4) is 0 Å². The molecule has 1 atom stereocenters. The molecule has 2 heterocycles. The standard InChI is InChI=1S/C11H19NO3/c1-2-15-10(13)9-7-12-8-11(9)3-5-14-6-4-11/h9,12H,2-8H2,1H3/t9-/m1/s1. The molecule has 2 saturated heterocycles. The Bertz CT molecular complexity index is 236. The quantitative estimate of drug-likeness (QED) is 0.681. The van der Waals surface area contributed by atoms with E-state index in [4.69, 9.17) is 9.47 Å². The second-order valence-electron chi connectivity index (χ2n) is 4.41. The van der Waals surface area contributed by atoms with E-state index in [2.05, 4.69) is 5.32 Å². The smallest absolute Gasteiger partial charge is 0.310 e. The SMILES string of the molecule is CCOC(=O)[C@H]1CNCC12CCOCC2. The highest BCUT2D eigenvalue weighted by Crippen LogP contribution is 2.41. The maximum atomic E-state index is 11.8. The number of esters is 1. The molecule has 4 heteroatoms. The Morgan fingerprint density at radius 3 is 2.93 bits per heavy atom. The Kier molecular flexibility index (Phi) is 3.26. The molecule has 0 amide bonds. The van der Waals surface area contributed by atoms with Crippen molar-refractivity contribution in [2.75, 3.05) is 32.9 Å². The fourth-order valence-corrected chi connectivity index (χ4v) is 2.68. The van der Waals surface area contributed by atoms with Crippen molar-refractivity contribution in [2.24, 2.45) is 11.3 Å². The summed E-state index contributed by atoms with van der Waals surface area (Å²) in [6, 6.07) is 0. The third kappa shape index (κ3) is 2.01. The van der Waals surface area contributed by atoms with Crippen LogP contribution in [0.4, 0.5) is 0 Å².